The van der Waals surface area contributed by atoms with E-state index in [0.29, 0.717) is 28.1 Å². The van der Waals surface area contributed by atoms with E-state index in [0.717, 1.165) is 16.1 Å². The number of rotatable bonds is 4. The van der Waals surface area contributed by atoms with E-state index in [-0.39, 0.29) is 11.5 Å². The Hall–Kier alpha value is -3.32. The third kappa shape index (κ3) is 3.57. The summed E-state index contributed by atoms with van der Waals surface area (Å²) in [5, 5.41) is 4.01. The zero-order valence-corrected chi connectivity index (χ0v) is 16.3. The smallest absolute Gasteiger partial charge is 0.261 e. The van der Waals surface area contributed by atoms with Crippen molar-refractivity contribution in [2.24, 2.45) is 0 Å². The van der Waals surface area contributed by atoms with Crippen LogP contribution < -0.4 is 10.9 Å². The van der Waals surface area contributed by atoms with E-state index in [4.69, 9.17) is 0 Å². The normalized spacial score (nSPS) is 10.9. The van der Waals surface area contributed by atoms with Gasteiger partial charge in [0.15, 0.2) is 5.13 Å². The van der Waals surface area contributed by atoms with Gasteiger partial charge in [0.25, 0.3) is 11.5 Å². The number of anilines is 1. The lowest BCUT2D eigenvalue weighted by Crippen LogP contribution is -2.21. The number of aryl methyl sites for hydroxylation is 2. The second-order valence-electron chi connectivity index (χ2n) is 6.51. The third-order valence-electron chi connectivity index (χ3n) is 4.55. The zero-order valence-electron chi connectivity index (χ0n) is 15.5. The molecule has 2 aromatic carbocycles. The SMILES string of the molecule is Cc1nc(NC(=O)c2ccc(Cn3cnc4ccccc4c3=O)cc2)sc1C. The first-order valence-electron chi connectivity index (χ1n) is 8.80. The lowest BCUT2D eigenvalue weighted by molar-refractivity contribution is 0.102. The van der Waals surface area contributed by atoms with Crippen molar-refractivity contribution >= 4 is 33.3 Å². The van der Waals surface area contributed by atoms with Gasteiger partial charge in [-0.05, 0) is 43.7 Å². The molecular formula is C21H18N4O2S. The highest BCUT2D eigenvalue weighted by atomic mass is 32.1. The second kappa shape index (κ2) is 7.36. The summed E-state index contributed by atoms with van der Waals surface area (Å²) in [6.07, 6.45) is 1.55. The largest absolute Gasteiger partial charge is 0.298 e. The van der Waals surface area contributed by atoms with Crippen molar-refractivity contribution < 1.29 is 4.79 Å². The minimum atomic E-state index is -0.204. The molecule has 0 aliphatic heterocycles. The van der Waals surface area contributed by atoms with Gasteiger partial charge in [-0.15, -0.1) is 11.3 Å². The van der Waals surface area contributed by atoms with E-state index in [2.05, 4.69) is 15.3 Å². The topological polar surface area (TPSA) is 76.9 Å². The minimum absolute atomic E-state index is 0.0815. The summed E-state index contributed by atoms with van der Waals surface area (Å²) < 4.78 is 1.57. The van der Waals surface area contributed by atoms with Crippen LogP contribution in [0.5, 0.6) is 0 Å². The van der Waals surface area contributed by atoms with Gasteiger partial charge < -0.3 is 0 Å². The fourth-order valence-electron chi connectivity index (χ4n) is 2.87. The summed E-state index contributed by atoms with van der Waals surface area (Å²) in [5.41, 5.74) is 2.98. The summed E-state index contributed by atoms with van der Waals surface area (Å²) in [5.74, 6) is -0.204. The lowest BCUT2D eigenvalue weighted by Gasteiger charge is -2.08. The number of para-hydroxylation sites is 1. The van der Waals surface area contributed by atoms with Gasteiger partial charge in [0.2, 0.25) is 0 Å². The number of hydrogen-bond donors (Lipinski definition) is 1. The van der Waals surface area contributed by atoms with Gasteiger partial charge in [-0.1, -0.05) is 24.3 Å². The molecule has 2 aromatic heterocycles. The average molecular weight is 390 g/mol. The van der Waals surface area contributed by atoms with Crippen LogP contribution in [0.1, 0.15) is 26.5 Å². The number of amides is 1. The summed E-state index contributed by atoms with van der Waals surface area (Å²) in [7, 11) is 0. The van der Waals surface area contributed by atoms with Gasteiger partial charge >= 0.3 is 0 Å². The Bertz CT molecular complexity index is 1210. The molecule has 0 aliphatic rings. The van der Waals surface area contributed by atoms with Gasteiger partial charge in [0.1, 0.15) is 0 Å². The molecule has 140 valence electrons. The van der Waals surface area contributed by atoms with Crippen molar-refractivity contribution in [2.75, 3.05) is 5.32 Å². The molecule has 0 aliphatic carbocycles. The molecular weight excluding hydrogens is 372 g/mol. The summed E-state index contributed by atoms with van der Waals surface area (Å²) in [6, 6.07) is 14.5. The Morgan fingerprint density at radius 3 is 2.57 bits per heavy atom. The summed E-state index contributed by atoms with van der Waals surface area (Å²) in [4.78, 5) is 34.7. The maximum Gasteiger partial charge on any atom is 0.261 e. The number of hydrogen-bond acceptors (Lipinski definition) is 5. The number of nitrogens with one attached hydrogen (secondary N) is 1. The number of thiazole rings is 1. The molecule has 0 bridgehead atoms. The fourth-order valence-corrected chi connectivity index (χ4v) is 3.68. The van der Waals surface area contributed by atoms with Gasteiger partial charge in [-0.2, -0.15) is 0 Å². The maximum absolute atomic E-state index is 12.6. The predicted molar refractivity (Wildman–Crippen MR) is 111 cm³/mol. The highest BCUT2D eigenvalue weighted by Crippen LogP contribution is 2.21. The molecule has 4 aromatic rings. The molecule has 4 rings (SSSR count). The van der Waals surface area contributed by atoms with E-state index in [1.165, 1.54) is 11.3 Å². The molecule has 0 radical (unpaired) electrons. The maximum atomic E-state index is 12.6. The van der Waals surface area contributed by atoms with Crippen molar-refractivity contribution in [1.29, 1.82) is 0 Å². The quantitative estimate of drug-likeness (QED) is 0.575. The Morgan fingerprint density at radius 2 is 1.86 bits per heavy atom. The Morgan fingerprint density at radius 1 is 1.11 bits per heavy atom. The molecule has 6 nitrogen and oxygen atoms in total. The van der Waals surface area contributed by atoms with Crippen LogP contribution in [-0.4, -0.2) is 20.4 Å². The number of aromatic nitrogens is 3. The van der Waals surface area contributed by atoms with Crippen LogP contribution in [0.15, 0.2) is 59.7 Å². The van der Waals surface area contributed by atoms with Crippen molar-refractivity contribution in [1.82, 2.24) is 14.5 Å². The van der Waals surface area contributed by atoms with E-state index >= 15 is 0 Å². The number of carbonyl (C=O) groups is 1. The van der Waals surface area contributed by atoms with Crippen molar-refractivity contribution in [3.63, 3.8) is 0 Å². The Balaban J connectivity index is 1.51. The fraction of sp³-hybridized carbons (Fsp3) is 0.143. The summed E-state index contributed by atoms with van der Waals surface area (Å²) in [6.45, 7) is 4.28. The average Bonchev–Trinajstić information content (AvgIpc) is 3.01. The Kier molecular flexibility index (Phi) is 4.75. The van der Waals surface area contributed by atoms with Gasteiger partial charge in [0, 0.05) is 10.4 Å². The molecule has 1 N–H and O–H groups in total. The van der Waals surface area contributed by atoms with Gasteiger partial charge in [-0.25, -0.2) is 9.97 Å². The highest BCUT2D eigenvalue weighted by Gasteiger charge is 2.10. The number of benzene rings is 2. The first kappa shape index (κ1) is 18.1. The molecule has 0 spiro atoms. The number of nitrogens with zero attached hydrogens (tertiary/aromatic N) is 3. The molecule has 2 heterocycles. The molecule has 0 fully saturated rings. The summed E-state index contributed by atoms with van der Waals surface area (Å²) >= 11 is 1.46. The zero-order chi connectivity index (χ0) is 19.7. The number of fused-ring (bicyclic) bond motifs is 1. The Labute approximate surface area is 165 Å². The van der Waals surface area contributed by atoms with E-state index in [1.54, 1.807) is 29.1 Å². The van der Waals surface area contributed by atoms with Crippen LogP contribution in [-0.2, 0) is 6.54 Å². The van der Waals surface area contributed by atoms with E-state index in [1.807, 2.05) is 44.2 Å². The lowest BCUT2D eigenvalue weighted by atomic mass is 10.1. The van der Waals surface area contributed by atoms with Crippen molar-refractivity contribution in [3.8, 4) is 0 Å². The molecule has 0 atom stereocenters. The molecule has 28 heavy (non-hydrogen) atoms. The van der Waals surface area contributed by atoms with Crippen LogP contribution in [0.25, 0.3) is 10.9 Å². The third-order valence-corrected chi connectivity index (χ3v) is 5.54. The van der Waals surface area contributed by atoms with Crippen molar-refractivity contribution in [3.05, 3.63) is 86.9 Å². The highest BCUT2D eigenvalue weighted by molar-refractivity contribution is 7.15. The van der Waals surface area contributed by atoms with Crippen molar-refractivity contribution in [2.45, 2.75) is 20.4 Å². The van der Waals surface area contributed by atoms with Crippen LogP contribution in [0.4, 0.5) is 5.13 Å². The van der Waals surface area contributed by atoms with Crippen LogP contribution in [0.2, 0.25) is 0 Å². The van der Waals surface area contributed by atoms with E-state index in [9.17, 15) is 9.59 Å². The number of carbonyl (C=O) groups excluding carboxylic acids is 1. The predicted octanol–water partition coefficient (Wildman–Crippen LogP) is 3.77. The van der Waals surface area contributed by atoms with Gasteiger partial charge in [0.05, 0.1) is 29.5 Å². The molecule has 0 saturated carbocycles. The monoisotopic (exact) mass is 390 g/mol. The van der Waals surface area contributed by atoms with Crippen LogP contribution >= 0.6 is 11.3 Å². The molecule has 1 amide bonds. The molecule has 7 heteroatoms. The van der Waals surface area contributed by atoms with Crippen LogP contribution in [0.3, 0.4) is 0 Å². The first-order chi connectivity index (χ1) is 13.5. The molecule has 0 unspecified atom stereocenters. The van der Waals surface area contributed by atoms with Gasteiger partial charge in [-0.3, -0.25) is 19.5 Å². The minimum Gasteiger partial charge on any atom is -0.298 e. The van der Waals surface area contributed by atoms with E-state index < -0.39 is 0 Å². The first-order valence-corrected chi connectivity index (χ1v) is 9.61. The standard InChI is InChI=1S/C21H18N4O2S/c1-13-14(2)28-21(23-13)24-19(26)16-9-7-15(8-10-16)11-25-12-22-18-6-4-3-5-17(18)20(25)27/h3-10,12H,11H2,1-2H3,(H,23,24,26). The van der Waals surface area contributed by atoms with Crippen LogP contribution in [0, 0.1) is 13.8 Å². The molecule has 0 saturated heterocycles. The second-order valence-corrected chi connectivity index (χ2v) is 7.71.